The summed E-state index contributed by atoms with van der Waals surface area (Å²) in [6.07, 6.45) is -0.615. The Balaban J connectivity index is 2.67. The quantitative estimate of drug-likeness (QED) is 0.784. The Labute approximate surface area is 84.1 Å². The highest BCUT2D eigenvalue weighted by Gasteiger charge is 2.17. The van der Waals surface area contributed by atoms with Crippen LogP contribution in [0.4, 0.5) is 0 Å². The number of aromatic nitrogens is 4. The monoisotopic (exact) mass is 198 g/mol. The zero-order chi connectivity index (χ0) is 10.7. The van der Waals surface area contributed by atoms with Crippen molar-refractivity contribution in [2.45, 2.75) is 40.3 Å². The van der Waals surface area contributed by atoms with Gasteiger partial charge in [-0.15, -0.1) is 10.2 Å². The molecule has 0 spiro atoms. The second kappa shape index (κ2) is 4.50. The zero-order valence-corrected chi connectivity index (χ0v) is 9.18. The van der Waals surface area contributed by atoms with E-state index in [0.29, 0.717) is 11.7 Å². The molecule has 0 fully saturated rings. The van der Waals surface area contributed by atoms with Crippen molar-refractivity contribution in [3.05, 3.63) is 5.82 Å². The summed E-state index contributed by atoms with van der Waals surface area (Å²) < 4.78 is 0. The molecule has 80 valence electrons. The van der Waals surface area contributed by atoms with Crippen LogP contribution in [0, 0.1) is 11.8 Å². The average molecular weight is 198 g/mol. The van der Waals surface area contributed by atoms with E-state index in [4.69, 9.17) is 0 Å². The van der Waals surface area contributed by atoms with Gasteiger partial charge in [0.25, 0.3) is 0 Å². The second-order valence-corrected chi connectivity index (χ2v) is 4.29. The van der Waals surface area contributed by atoms with Gasteiger partial charge in [-0.25, -0.2) is 0 Å². The lowest BCUT2D eigenvalue weighted by Crippen LogP contribution is -2.10. The van der Waals surface area contributed by atoms with Crippen LogP contribution < -0.4 is 0 Å². The molecule has 5 heteroatoms. The molecule has 1 atom stereocenters. The maximum Gasteiger partial charge on any atom is 0.203 e. The molecule has 1 rings (SSSR count). The minimum atomic E-state index is -0.615. The Kier molecular flexibility index (Phi) is 3.57. The van der Waals surface area contributed by atoms with E-state index in [9.17, 15) is 5.11 Å². The van der Waals surface area contributed by atoms with Crippen molar-refractivity contribution in [3.8, 4) is 0 Å². The maximum absolute atomic E-state index is 9.67. The van der Waals surface area contributed by atoms with Crippen molar-refractivity contribution in [1.82, 2.24) is 20.2 Å². The minimum absolute atomic E-state index is 0.117. The van der Waals surface area contributed by atoms with Crippen molar-refractivity contribution in [2.75, 3.05) is 0 Å². The first-order chi connectivity index (χ1) is 6.50. The predicted octanol–water partition coefficient (Wildman–Crippen LogP) is 1.02. The zero-order valence-electron chi connectivity index (χ0n) is 9.18. The summed E-state index contributed by atoms with van der Waals surface area (Å²) in [6.45, 7) is 8.75. The fourth-order valence-corrected chi connectivity index (χ4v) is 1.08. The summed E-state index contributed by atoms with van der Waals surface area (Å²) >= 11 is 0. The second-order valence-electron chi connectivity index (χ2n) is 4.29. The topological polar surface area (TPSA) is 63.8 Å². The van der Waals surface area contributed by atoms with Gasteiger partial charge in [0.05, 0.1) is 6.54 Å². The van der Waals surface area contributed by atoms with Crippen LogP contribution in [0.25, 0.3) is 0 Å². The molecule has 5 nitrogen and oxygen atoms in total. The Morgan fingerprint density at radius 2 is 1.93 bits per heavy atom. The van der Waals surface area contributed by atoms with Crippen LogP contribution in [0.3, 0.4) is 0 Å². The van der Waals surface area contributed by atoms with Crippen LogP contribution in [-0.4, -0.2) is 25.3 Å². The molecule has 0 bridgehead atoms. The third-order valence-corrected chi connectivity index (χ3v) is 1.89. The summed E-state index contributed by atoms with van der Waals surface area (Å²) in [5.41, 5.74) is 0. The van der Waals surface area contributed by atoms with Crippen molar-refractivity contribution in [1.29, 1.82) is 0 Å². The van der Waals surface area contributed by atoms with Gasteiger partial charge in [0.1, 0.15) is 6.10 Å². The fraction of sp³-hybridized carbons (Fsp3) is 0.889. The van der Waals surface area contributed by atoms with Gasteiger partial charge >= 0.3 is 0 Å². The van der Waals surface area contributed by atoms with Crippen LogP contribution in [0.5, 0.6) is 0 Å². The Bertz CT molecular complexity index is 282. The molecule has 1 unspecified atom stereocenters. The highest BCUT2D eigenvalue weighted by atomic mass is 16.3. The van der Waals surface area contributed by atoms with E-state index in [1.165, 1.54) is 4.80 Å². The molecule has 0 radical (unpaired) electrons. The molecule has 1 aromatic heterocycles. The maximum atomic E-state index is 9.67. The third-order valence-electron chi connectivity index (χ3n) is 1.89. The van der Waals surface area contributed by atoms with E-state index in [1.807, 2.05) is 13.8 Å². The molecule has 0 saturated carbocycles. The van der Waals surface area contributed by atoms with Gasteiger partial charge in [-0.1, -0.05) is 27.7 Å². The van der Waals surface area contributed by atoms with Gasteiger partial charge in [0.2, 0.25) is 5.82 Å². The molecule has 0 saturated heterocycles. The van der Waals surface area contributed by atoms with Crippen LogP contribution in [0.1, 0.15) is 39.6 Å². The van der Waals surface area contributed by atoms with E-state index >= 15 is 0 Å². The summed E-state index contributed by atoms with van der Waals surface area (Å²) in [4.78, 5) is 1.53. The first-order valence-electron chi connectivity index (χ1n) is 4.96. The Morgan fingerprint density at radius 1 is 1.29 bits per heavy atom. The van der Waals surface area contributed by atoms with Gasteiger partial charge < -0.3 is 5.11 Å². The number of hydrogen-bond acceptors (Lipinski definition) is 4. The van der Waals surface area contributed by atoms with Gasteiger partial charge in [0, 0.05) is 0 Å². The molecule has 14 heavy (non-hydrogen) atoms. The van der Waals surface area contributed by atoms with Gasteiger partial charge in [0.15, 0.2) is 0 Å². The molecule has 0 aromatic carbocycles. The normalized spacial score (nSPS) is 13.9. The van der Waals surface area contributed by atoms with Crippen molar-refractivity contribution >= 4 is 0 Å². The molecule has 1 aromatic rings. The molecule has 0 aliphatic carbocycles. The summed E-state index contributed by atoms with van der Waals surface area (Å²) in [5.74, 6) is 1.01. The van der Waals surface area contributed by atoms with Crippen LogP contribution in [0.15, 0.2) is 0 Å². The lowest BCUT2D eigenvalue weighted by atomic mass is 10.1. The van der Waals surface area contributed by atoms with Crippen LogP contribution >= 0.6 is 0 Å². The average Bonchev–Trinajstić information content (AvgIpc) is 2.50. The first kappa shape index (κ1) is 11.1. The van der Waals surface area contributed by atoms with Crippen molar-refractivity contribution in [2.24, 2.45) is 11.8 Å². The summed E-state index contributed by atoms with van der Waals surface area (Å²) in [5, 5.41) is 21.5. The number of rotatable bonds is 4. The summed E-state index contributed by atoms with van der Waals surface area (Å²) in [7, 11) is 0. The van der Waals surface area contributed by atoms with Gasteiger partial charge in [-0.2, -0.15) is 4.80 Å². The molecule has 1 N–H and O–H groups in total. The molecule has 0 amide bonds. The number of aliphatic hydroxyl groups excluding tert-OH is 1. The minimum Gasteiger partial charge on any atom is -0.385 e. The third kappa shape index (κ3) is 2.77. The van der Waals surface area contributed by atoms with E-state index in [2.05, 4.69) is 29.3 Å². The van der Waals surface area contributed by atoms with Gasteiger partial charge in [-0.3, -0.25) is 0 Å². The largest absolute Gasteiger partial charge is 0.385 e. The highest BCUT2D eigenvalue weighted by molar-refractivity contribution is 4.85. The fourth-order valence-electron chi connectivity index (χ4n) is 1.08. The standard InChI is InChI=1S/C9H18N4O/c1-6(2)5-13-11-9(10-12-13)8(14)7(3)4/h6-8,14H,5H2,1-4H3. The number of tetrazole rings is 1. The highest BCUT2D eigenvalue weighted by Crippen LogP contribution is 2.16. The smallest absolute Gasteiger partial charge is 0.203 e. The van der Waals surface area contributed by atoms with Crippen molar-refractivity contribution < 1.29 is 5.11 Å². The van der Waals surface area contributed by atoms with E-state index in [0.717, 1.165) is 6.54 Å². The predicted molar refractivity (Wildman–Crippen MR) is 52.5 cm³/mol. The van der Waals surface area contributed by atoms with Crippen LogP contribution in [0.2, 0.25) is 0 Å². The molecule has 0 aliphatic rings. The Hall–Kier alpha value is -0.970. The van der Waals surface area contributed by atoms with Gasteiger partial charge in [-0.05, 0) is 17.0 Å². The molecule has 0 aliphatic heterocycles. The number of aliphatic hydroxyl groups is 1. The lowest BCUT2D eigenvalue weighted by Gasteiger charge is -2.08. The first-order valence-corrected chi connectivity index (χ1v) is 4.96. The van der Waals surface area contributed by atoms with E-state index in [1.54, 1.807) is 0 Å². The molecular formula is C9H18N4O. The molecule has 1 heterocycles. The number of nitrogens with zero attached hydrogens (tertiary/aromatic N) is 4. The summed E-state index contributed by atoms with van der Waals surface area (Å²) in [6, 6.07) is 0. The van der Waals surface area contributed by atoms with Crippen molar-refractivity contribution in [3.63, 3.8) is 0 Å². The van der Waals surface area contributed by atoms with E-state index in [-0.39, 0.29) is 5.92 Å². The number of hydrogen-bond donors (Lipinski definition) is 1. The SMILES string of the molecule is CC(C)Cn1nnc(C(O)C(C)C)n1. The molecular weight excluding hydrogens is 180 g/mol. The Morgan fingerprint density at radius 3 is 2.43 bits per heavy atom. The lowest BCUT2D eigenvalue weighted by molar-refractivity contribution is 0.117. The van der Waals surface area contributed by atoms with E-state index < -0.39 is 6.10 Å². The van der Waals surface area contributed by atoms with Crippen LogP contribution in [-0.2, 0) is 6.54 Å².